The molecule has 2 aromatic carbocycles. The number of hydrogen-bond donors (Lipinski definition) is 2. The average Bonchev–Trinajstić information content (AvgIpc) is 3.19. The quantitative estimate of drug-likeness (QED) is 0.301. The molecule has 0 saturated carbocycles. The van der Waals surface area contributed by atoms with Crippen molar-refractivity contribution in [2.45, 2.75) is 39.3 Å². The highest BCUT2D eigenvalue weighted by molar-refractivity contribution is 6.33. The summed E-state index contributed by atoms with van der Waals surface area (Å²) in [6.07, 6.45) is 0.484. The van der Waals surface area contributed by atoms with Crippen molar-refractivity contribution in [1.82, 2.24) is 9.88 Å². The molecular weight excluding hydrogens is 462 g/mol. The molecule has 4 rings (SSSR count). The van der Waals surface area contributed by atoms with Crippen LogP contribution in [0.5, 0.6) is 17.2 Å². The SMILES string of the molecule is CCOc1cc(CN2CCC(Nc3nc4ccc(OC(=O)O)cc4o3)CC2)cc(OCC)c1Cl. The van der Waals surface area contributed by atoms with Gasteiger partial charge < -0.3 is 29.1 Å². The highest BCUT2D eigenvalue weighted by Gasteiger charge is 2.22. The van der Waals surface area contributed by atoms with E-state index >= 15 is 0 Å². The van der Waals surface area contributed by atoms with Gasteiger partial charge in [0.05, 0.1) is 13.2 Å². The van der Waals surface area contributed by atoms with E-state index in [1.807, 2.05) is 26.0 Å². The molecular formula is C24H28ClN3O6. The second-order valence-electron chi connectivity index (χ2n) is 7.98. The zero-order chi connectivity index (χ0) is 24.1. The van der Waals surface area contributed by atoms with E-state index in [2.05, 4.69) is 19.9 Å². The molecule has 1 aliphatic heterocycles. The van der Waals surface area contributed by atoms with E-state index in [-0.39, 0.29) is 11.8 Å². The molecule has 1 aliphatic rings. The Bertz CT molecular complexity index is 1120. The van der Waals surface area contributed by atoms with Crippen LogP contribution in [0.1, 0.15) is 32.3 Å². The van der Waals surface area contributed by atoms with Gasteiger partial charge in [-0.05, 0) is 56.5 Å². The normalized spacial score (nSPS) is 14.8. The molecule has 34 heavy (non-hydrogen) atoms. The number of carbonyl (C=O) groups is 1. The van der Waals surface area contributed by atoms with Gasteiger partial charge >= 0.3 is 6.16 Å². The van der Waals surface area contributed by atoms with Crippen LogP contribution in [-0.2, 0) is 6.54 Å². The second kappa shape index (κ2) is 10.8. The Hall–Kier alpha value is -3.17. The lowest BCUT2D eigenvalue weighted by molar-refractivity contribution is 0.144. The Kier molecular flexibility index (Phi) is 7.64. The van der Waals surface area contributed by atoms with Gasteiger partial charge in [-0.2, -0.15) is 4.98 Å². The fraction of sp³-hybridized carbons (Fsp3) is 0.417. The Morgan fingerprint density at radius 3 is 2.47 bits per heavy atom. The number of halogens is 1. The summed E-state index contributed by atoms with van der Waals surface area (Å²) < 4.78 is 21.8. The van der Waals surface area contributed by atoms with E-state index in [9.17, 15) is 4.79 Å². The number of carboxylic acid groups (broad SMARTS) is 1. The zero-order valence-corrected chi connectivity index (χ0v) is 19.9. The van der Waals surface area contributed by atoms with Crippen LogP contribution in [0.25, 0.3) is 11.1 Å². The maximum atomic E-state index is 10.7. The molecule has 1 fully saturated rings. The van der Waals surface area contributed by atoms with Gasteiger partial charge in [0, 0.05) is 31.7 Å². The van der Waals surface area contributed by atoms with Crippen LogP contribution in [0, 0.1) is 0 Å². The number of rotatable bonds is 9. The number of fused-ring (bicyclic) bond motifs is 1. The summed E-state index contributed by atoms with van der Waals surface area (Å²) >= 11 is 6.42. The maximum absolute atomic E-state index is 10.7. The highest BCUT2D eigenvalue weighted by Crippen LogP contribution is 2.36. The lowest BCUT2D eigenvalue weighted by Gasteiger charge is -2.32. The molecule has 0 atom stereocenters. The van der Waals surface area contributed by atoms with Gasteiger partial charge in [0.1, 0.15) is 27.8 Å². The van der Waals surface area contributed by atoms with Crippen molar-refractivity contribution >= 4 is 34.9 Å². The fourth-order valence-electron chi connectivity index (χ4n) is 4.04. The van der Waals surface area contributed by atoms with Crippen LogP contribution in [0.3, 0.4) is 0 Å². The minimum atomic E-state index is -1.37. The predicted octanol–water partition coefficient (Wildman–Crippen LogP) is 5.41. The van der Waals surface area contributed by atoms with E-state index in [1.165, 1.54) is 6.07 Å². The first kappa shape index (κ1) is 24.0. The van der Waals surface area contributed by atoms with Crippen molar-refractivity contribution in [3.8, 4) is 17.2 Å². The smallest absolute Gasteiger partial charge is 0.492 e. The molecule has 3 aromatic rings. The van der Waals surface area contributed by atoms with Crippen molar-refractivity contribution in [3.63, 3.8) is 0 Å². The Balaban J connectivity index is 1.35. The van der Waals surface area contributed by atoms with E-state index < -0.39 is 6.16 Å². The Morgan fingerprint density at radius 2 is 1.85 bits per heavy atom. The van der Waals surface area contributed by atoms with Gasteiger partial charge in [0.2, 0.25) is 0 Å². The number of aromatic nitrogens is 1. The van der Waals surface area contributed by atoms with Gasteiger partial charge in [0.25, 0.3) is 6.01 Å². The van der Waals surface area contributed by atoms with E-state index in [0.717, 1.165) is 38.0 Å². The first-order chi connectivity index (χ1) is 16.4. The molecule has 0 bridgehead atoms. The third-order valence-corrected chi connectivity index (χ3v) is 5.92. The minimum Gasteiger partial charge on any atom is -0.492 e. The average molecular weight is 490 g/mol. The first-order valence-corrected chi connectivity index (χ1v) is 11.7. The van der Waals surface area contributed by atoms with Crippen molar-refractivity contribution in [1.29, 1.82) is 0 Å². The number of nitrogens with one attached hydrogen (secondary N) is 1. The predicted molar refractivity (Wildman–Crippen MR) is 128 cm³/mol. The minimum absolute atomic E-state index is 0.193. The Morgan fingerprint density at radius 1 is 1.18 bits per heavy atom. The second-order valence-corrected chi connectivity index (χ2v) is 8.36. The van der Waals surface area contributed by atoms with Crippen LogP contribution >= 0.6 is 11.6 Å². The third-order valence-electron chi connectivity index (χ3n) is 5.55. The van der Waals surface area contributed by atoms with Gasteiger partial charge in [-0.15, -0.1) is 0 Å². The van der Waals surface area contributed by atoms with Crippen LogP contribution < -0.4 is 19.5 Å². The van der Waals surface area contributed by atoms with Gasteiger partial charge in [-0.25, -0.2) is 4.79 Å². The monoisotopic (exact) mass is 489 g/mol. The first-order valence-electron chi connectivity index (χ1n) is 11.3. The number of anilines is 1. The number of nitrogens with zero attached hydrogens (tertiary/aromatic N) is 2. The molecule has 10 heteroatoms. The largest absolute Gasteiger partial charge is 0.511 e. The van der Waals surface area contributed by atoms with E-state index in [1.54, 1.807) is 12.1 Å². The van der Waals surface area contributed by atoms with Crippen molar-refractivity contribution in [2.24, 2.45) is 0 Å². The van der Waals surface area contributed by atoms with E-state index in [4.69, 9.17) is 30.6 Å². The lowest BCUT2D eigenvalue weighted by Crippen LogP contribution is -2.38. The van der Waals surface area contributed by atoms with Crippen LogP contribution in [0.4, 0.5) is 10.8 Å². The molecule has 0 spiro atoms. The summed E-state index contributed by atoms with van der Waals surface area (Å²) in [7, 11) is 0. The van der Waals surface area contributed by atoms with Crippen LogP contribution in [-0.4, -0.2) is 53.5 Å². The number of hydrogen-bond acceptors (Lipinski definition) is 8. The summed E-state index contributed by atoms with van der Waals surface area (Å²) in [5, 5.41) is 12.6. The molecule has 1 saturated heterocycles. The van der Waals surface area contributed by atoms with Crippen LogP contribution in [0.2, 0.25) is 5.02 Å². The summed E-state index contributed by atoms with van der Waals surface area (Å²) in [6.45, 7) is 7.53. The molecule has 0 radical (unpaired) electrons. The molecule has 9 nitrogen and oxygen atoms in total. The van der Waals surface area contributed by atoms with Crippen molar-refractivity contribution in [2.75, 3.05) is 31.6 Å². The fourth-order valence-corrected chi connectivity index (χ4v) is 4.26. The maximum Gasteiger partial charge on any atom is 0.511 e. The number of benzene rings is 2. The van der Waals surface area contributed by atoms with Gasteiger partial charge in [-0.3, -0.25) is 4.90 Å². The molecule has 1 aromatic heterocycles. The number of likely N-dealkylation sites (tertiary alicyclic amines) is 1. The summed E-state index contributed by atoms with van der Waals surface area (Å²) in [4.78, 5) is 17.5. The third kappa shape index (κ3) is 5.84. The number of ether oxygens (including phenoxy) is 3. The summed E-state index contributed by atoms with van der Waals surface area (Å²) in [5.41, 5.74) is 2.20. The standard InChI is InChI=1S/C24H28ClN3O6/c1-3-31-20-11-15(12-21(22(20)25)32-4-2)14-28-9-7-16(8-10-28)26-23-27-18-6-5-17(33-24(29)30)13-19(18)34-23/h5-6,11-13,16H,3-4,7-10,14H2,1-2H3,(H,26,27)(H,29,30). The molecule has 2 N–H and O–H groups in total. The molecule has 0 amide bonds. The lowest BCUT2D eigenvalue weighted by atomic mass is 10.0. The number of piperidine rings is 1. The van der Waals surface area contributed by atoms with Crippen molar-refractivity contribution < 1.29 is 28.5 Å². The summed E-state index contributed by atoms with van der Waals surface area (Å²) in [5.74, 6) is 1.49. The van der Waals surface area contributed by atoms with Gasteiger partial charge in [0.15, 0.2) is 5.58 Å². The molecule has 0 aliphatic carbocycles. The molecule has 0 unspecified atom stereocenters. The van der Waals surface area contributed by atoms with E-state index in [0.29, 0.717) is 46.8 Å². The van der Waals surface area contributed by atoms with Crippen molar-refractivity contribution in [3.05, 3.63) is 40.9 Å². The van der Waals surface area contributed by atoms with Gasteiger partial charge in [-0.1, -0.05) is 11.6 Å². The zero-order valence-electron chi connectivity index (χ0n) is 19.2. The van der Waals surface area contributed by atoms with Crippen LogP contribution in [0.15, 0.2) is 34.7 Å². The Labute approximate surface area is 202 Å². The summed E-state index contributed by atoms with van der Waals surface area (Å²) in [6, 6.07) is 9.35. The number of oxazole rings is 1. The molecule has 2 heterocycles. The molecule has 182 valence electrons. The topological polar surface area (TPSA) is 106 Å². The highest BCUT2D eigenvalue weighted by atomic mass is 35.5.